The summed E-state index contributed by atoms with van der Waals surface area (Å²) in [5.41, 5.74) is 2.69. The monoisotopic (exact) mass is 438 g/mol. The average Bonchev–Trinajstić information content (AvgIpc) is 3.13. The first kappa shape index (κ1) is 21.2. The number of carbonyl (C=O) groups excluding carboxylic acids is 1. The summed E-state index contributed by atoms with van der Waals surface area (Å²) < 4.78 is 17.0. The molecule has 0 spiro atoms. The second kappa shape index (κ2) is 8.98. The van der Waals surface area contributed by atoms with E-state index in [9.17, 15) is 4.79 Å². The Morgan fingerprint density at radius 2 is 1.87 bits per heavy atom. The van der Waals surface area contributed by atoms with Crippen molar-refractivity contribution in [2.45, 2.75) is 33.3 Å². The second-order valence-electron chi connectivity index (χ2n) is 7.35. The molecule has 31 heavy (non-hydrogen) atoms. The molecule has 1 unspecified atom stereocenters. The summed E-state index contributed by atoms with van der Waals surface area (Å²) in [6.07, 6.45) is 0.128. The van der Waals surface area contributed by atoms with Gasteiger partial charge in [0.2, 0.25) is 0 Å². The lowest BCUT2D eigenvalue weighted by Gasteiger charge is -2.34. The van der Waals surface area contributed by atoms with Gasteiger partial charge in [0, 0.05) is 10.4 Å². The minimum absolute atomic E-state index is 0.0448. The zero-order valence-electron chi connectivity index (χ0n) is 18.2. The van der Waals surface area contributed by atoms with Crippen molar-refractivity contribution in [3.8, 4) is 28.5 Å². The number of nitrogens with zero attached hydrogens (tertiary/aromatic N) is 2. The molecular weight excluding hydrogens is 412 g/mol. The Morgan fingerprint density at radius 1 is 1.13 bits per heavy atom. The number of ether oxygens (including phenoxy) is 3. The highest BCUT2D eigenvalue weighted by atomic mass is 32.1. The molecule has 1 aliphatic rings. The van der Waals surface area contributed by atoms with E-state index >= 15 is 0 Å². The van der Waals surface area contributed by atoms with Gasteiger partial charge in [-0.2, -0.15) is 0 Å². The van der Waals surface area contributed by atoms with E-state index in [2.05, 4.69) is 11.9 Å². The lowest BCUT2D eigenvalue weighted by Crippen LogP contribution is -2.47. The number of hydrogen-bond acceptors (Lipinski definition) is 6. The average molecular weight is 439 g/mol. The van der Waals surface area contributed by atoms with E-state index in [1.165, 1.54) is 0 Å². The molecule has 1 aliphatic heterocycles. The summed E-state index contributed by atoms with van der Waals surface area (Å²) in [4.78, 5) is 20.7. The molecule has 0 radical (unpaired) electrons. The fraction of sp³-hybridized carbons (Fsp3) is 0.333. The molecule has 2 aromatic carbocycles. The van der Waals surface area contributed by atoms with Crippen molar-refractivity contribution in [2.75, 3.05) is 25.2 Å². The van der Waals surface area contributed by atoms with Gasteiger partial charge < -0.3 is 19.1 Å². The third-order valence-electron chi connectivity index (χ3n) is 5.25. The maximum absolute atomic E-state index is 13.1. The number of carbonyl (C=O) groups is 1. The molecule has 0 N–H and O–H groups in total. The van der Waals surface area contributed by atoms with Crippen LogP contribution in [0, 0.1) is 13.8 Å². The second-order valence-corrected chi connectivity index (χ2v) is 8.76. The molecule has 0 fully saturated rings. The zero-order valence-corrected chi connectivity index (χ0v) is 19.0. The summed E-state index contributed by atoms with van der Waals surface area (Å²) in [7, 11) is 1.63. The Labute approximate surface area is 186 Å². The number of benzene rings is 2. The van der Waals surface area contributed by atoms with Gasteiger partial charge in [-0.25, -0.2) is 4.98 Å². The smallest absolute Gasteiger partial charge is 0.268 e. The summed E-state index contributed by atoms with van der Waals surface area (Å²) in [5.74, 6) is 2.17. The lowest BCUT2D eigenvalue weighted by molar-refractivity contribution is -0.126. The first-order chi connectivity index (χ1) is 15.0. The summed E-state index contributed by atoms with van der Waals surface area (Å²) in [6.45, 7) is 6.81. The van der Waals surface area contributed by atoms with Gasteiger partial charge in [0.1, 0.15) is 23.9 Å². The fourth-order valence-electron chi connectivity index (χ4n) is 3.68. The fourth-order valence-corrected chi connectivity index (χ4v) is 4.52. The maximum Gasteiger partial charge on any atom is 0.268 e. The van der Waals surface area contributed by atoms with Crippen LogP contribution in [0.1, 0.15) is 23.2 Å². The van der Waals surface area contributed by atoms with E-state index in [4.69, 9.17) is 14.2 Å². The van der Waals surface area contributed by atoms with Gasteiger partial charge in [-0.1, -0.05) is 6.92 Å². The van der Waals surface area contributed by atoms with Crippen LogP contribution in [0.25, 0.3) is 11.3 Å². The molecule has 0 saturated carbocycles. The third kappa shape index (κ3) is 4.37. The number of fused-ring (bicyclic) bond motifs is 1. The zero-order chi connectivity index (χ0) is 22.0. The number of rotatable bonds is 7. The van der Waals surface area contributed by atoms with Gasteiger partial charge in [0.15, 0.2) is 6.10 Å². The Hall–Kier alpha value is -3.06. The molecule has 1 amide bonds. The van der Waals surface area contributed by atoms with E-state index < -0.39 is 6.10 Å². The predicted molar refractivity (Wildman–Crippen MR) is 123 cm³/mol. The van der Waals surface area contributed by atoms with Crippen LogP contribution in [0.2, 0.25) is 0 Å². The summed E-state index contributed by atoms with van der Waals surface area (Å²) in [5, 5.41) is 1.02. The molecule has 6 nitrogen and oxygen atoms in total. The van der Waals surface area contributed by atoms with Crippen molar-refractivity contribution >= 4 is 22.9 Å². The minimum Gasteiger partial charge on any atom is -0.497 e. The molecule has 1 atom stereocenters. The molecule has 3 aromatic rings. The van der Waals surface area contributed by atoms with Gasteiger partial charge in [-0.05, 0) is 62.7 Å². The quantitative estimate of drug-likeness (QED) is 0.518. The largest absolute Gasteiger partial charge is 0.497 e. The topological polar surface area (TPSA) is 60.9 Å². The standard InChI is InChI=1S/C24H26N2O4S/c1-5-21-24(27)26(12-13-29-19-9-7-18(28-4)8-10-19)20-14-17(6-11-22(20)30-21)23-15(2)31-16(3)25-23/h6-11,14,21H,5,12-13H2,1-4H3. The van der Waals surface area contributed by atoms with Crippen molar-refractivity contribution in [3.63, 3.8) is 0 Å². The molecule has 0 bridgehead atoms. The van der Waals surface area contributed by atoms with E-state index in [0.717, 1.165) is 38.3 Å². The highest BCUT2D eigenvalue weighted by Crippen LogP contribution is 2.39. The predicted octanol–water partition coefficient (Wildman–Crippen LogP) is 5.02. The van der Waals surface area contributed by atoms with Gasteiger partial charge in [-0.15, -0.1) is 11.3 Å². The van der Waals surface area contributed by atoms with Crippen LogP contribution in [0.3, 0.4) is 0 Å². The molecule has 0 saturated heterocycles. The molecule has 0 aliphatic carbocycles. The van der Waals surface area contributed by atoms with Crippen LogP contribution in [0.15, 0.2) is 42.5 Å². The van der Waals surface area contributed by atoms with Gasteiger partial charge in [0.25, 0.3) is 5.91 Å². The Morgan fingerprint density at radius 3 is 2.52 bits per heavy atom. The molecule has 162 valence electrons. The summed E-state index contributed by atoms with van der Waals surface area (Å²) in [6, 6.07) is 13.3. The Bertz CT molecular complexity index is 1080. The maximum atomic E-state index is 13.1. The first-order valence-corrected chi connectivity index (χ1v) is 11.1. The van der Waals surface area contributed by atoms with Crippen molar-refractivity contribution in [2.24, 2.45) is 0 Å². The molecule has 1 aromatic heterocycles. The SMILES string of the molecule is CCC1Oc2ccc(-c3nc(C)sc3C)cc2N(CCOc2ccc(OC)cc2)C1=O. The van der Waals surface area contributed by atoms with E-state index in [1.54, 1.807) is 23.3 Å². The van der Waals surface area contributed by atoms with Gasteiger partial charge in [-0.3, -0.25) is 4.79 Å². The van der Waals surface area contributed by atoms with Crippen molar-refractivity contribution in [1.29, 1.82) is 0 Å². The van der Waals surface area contributed by atoms with Crippen LogP contribution in [-0.2, 0) is 4.79 Å². The van der Waals surface area contributed by atoms with E-state index in [-0.39, 0.29) is 5.91 Å². The van der Waals surface area contributed by atoms with Crippen molar-refractivity contribution in [1.82, 2.24) is 4.98 Å². The number of anilines is 1. The van der Waals surface area contributed by atoms with Crippen molar-refractivity contribution < 1.29 is 19.0 Å². The van der Waals surface area contributed by atoms with Crippen LogP contribution >= 0.6 is 11.3 Å². The highest BCUT2D eigenvalue weighted by Gasteiger charge is 2.33. The van der Waals surface area contributed by atoms with E-state index in [0.29, 0.717) is 25.3 Å². The number of amides is 1. The first-order valence-electron chi connectivity index (χ1n) is 10.3. The normalized spacial score (nSPS) is 15.4. The number of thiazole rings is 1. The van der Waals surface area contributed by atoms with E-state index in [1.807, 2.05) is 56.3 Å². The molecule has 4 rings (SSSR count). The van der Waals surface area contributed by atoms with Crippen LogP contribution in [0.5, 0.6) is 17.2 Å². The van der Waals surface area contributed by atoms with Crippen LogP contribution < -0.4 is 19.1 Å². The van der Waals surface area contributed by atoms with Crippen LogP contribution in [-0.4, -0.2) is 37.3 Å². The van der Waals surface area contributed by atoms with Crippen LogP contribution in [0.4, 0.5) is 5.69 Å². The Kier molecular flexibility index (Phi) is 6.13. The minimum atomic E-state index is -0.484. The Balaban J connectivity index is 1.58. The number of methoxy groups -OCH3 is 1. The summed E-state index contributed by atoms with van der Waals surface area (Å²) >= 11 is 1.67. The third-order valence-corrected chi connectivity index (χ3v) is 6.14. The lowest BCUT2D eigenvalue weighted by atomic mass is 10.1. The van der Waals surface area contributed by atoms with Gasteiger partial charge >= 0.3 is 0 Å². The van der Waals surface area contributed by atoms with Crippen molar-refractivity contribution in [3.05, 3.63) is 52.3 Å². The molecule has 2 heterocycles. The molecule has 7 heteroatoms. The highest BCUT2D eigenvalue weighted by molar-refractivity contribution is 7.11. The number of hydrogen-bond donors (Lipinski definition) is 0. The molecular formula is C24H26N2O4S. The number of aromatic nitrogens is 1. The van der Waals surface area contributed by atoms with Gasteiger partial charge in [0.05, 0.1) is 30.0 Å². The number of aryl methyl sites for hydroxylation is 2.